The van der Waals surface area contributed by atoms with E-state index in [1.165, 1.54) is 25.6 Å². The van der Waals surface area contributed by atoms with Crippen LogP contribution in [0.1, 0.15) is 31.0 Å². The number of thioether (sulfide) groups is 1. The summed E-state index contributed by atoms with van der Waals surface area (Å²) in [4.78, 5) is 22.8. The van der Waals surface area contributed by atoms with Crippen molar-refractivity contribution in [2.24, 2.45) is 7.05 Å². The number of ether oxygens (including phenoxy) is 2. The number of benzene rings is 1. The summed E-state index contributed by atoms with van der Waals surface area (Å²) >= 11 is 1.53. The molecular formula is C16H19N5O4S. The van der Waals surface area contributed by atoms with Crippen LogP contribution in [-0.2, 0) is 23.1 Å². The van der Waals surface area contributed by atoms with Crippen LogP contribution in [0.2, 0.25) is 0 Å². The van der Waals surface area contributed by atoms with E-state index in [1.807, 2.05) is 0 Å². The Balaban J connectivity index is 1.88. The van der Waals surface area contributed by atoms with Crippen LogP contribution in [0.3, 0.4) is 0 Å². The Hall–Kier alpha value is -2.46. The van der Waals surface area contributed by atoms with Gasteiger partial charge >= 0.3 is 11.9 Å². The summed E-state index contributed by atoms with van der Waals surface area (Å²) in [6.45, 7) is 3.41. The molecule has 1 atom stereocenters. The molecule has 1 aliphatic heterocycles. The van der Waals surface area contributed by atoms with Gasteiger partial charge in [0.15, 0.2) is 11.5 Å². The lowest BCUT2D eigenvalue weighted by Gasteiger charge is -2.27. The Morgan fingerprint density at radius 2 is 1.96 bits per heavy atom. The van der Waals surface area contributed by atoms with Gasteiger partial charge in [0.2, 0.25) is 5.16 Å². The van der Waals surface area contributed by atoms with E-state index < -0.39 is 11.9 Å². The van der Waals surface area contributed by atoms with Gasteiger partial charge in [-0.15, -0.1) is 5.10 Å². The predicted molar refractivity (Wildman–Crippen MR) is 93.0 cm³/mol. The molecule has 0 saturated heterocycles. The minimum Gasteiger partial charge on any atom is -0.423 e. The highest BCUT2D eigenvalue weighted by molar-refractivity contribution is 7.99. The number of esters is 2. The second-order valence-corrected chi connectivity index (χ2v) is 6.82. The summed E-state index contributed by atoms with van der Waals surface area (Å²) in [6.07, 6.45) is 0.788. The number of carbonyl (C=O) groups is 2. The Morgan fingerprint density at radius 1 is 1.27 bits per heavy atom. The quantitative estimate of drug-likeness (QED) is 0.464. The molecule has 3 rings (SSSR count). The molecular weight excluding hydrogens is 358 g/mol. The maximum Gasteiger partial charge on any atom is 0.308 e. The van der Waals surface area contributed by atoms with Crippen molar-refractivity contribution in [3.05, 3.63) is 23.3 Å². The van der Waals surface area contributed by atoms with Crippen molar-refractivity contribution in [2.45, 2.75) is 31.5 Å². The van der Waals surface area contributed by atoms with Crippen LogP contribution in [0, 0.1) is 0 Å². The summed E-state index contributed by atoms with van der Waals surface area (Å²) in [5.41, 5.74) is 2.06. The molecule has 0 bridgehead atoms. The molecule has 26 heavy (non-hydrogen) atoms. The van der Waals surface area contributed by atoms with Crippen molar-refractivity contribution in [2.75, 3.05) is 12.3 Å². The summed E-state index contributed by atoms with van der Waals surface area (Å²) in [6, 6.07) is 3.57. The number of nitrogens with one attached hydrogen (secondary N) is 1. The van der Waals surface area contributed by atoms with Crippen LogP contribution in [0.5, 0.6) is 11.5 Å². The topological polar surface area (TPSA) is 108 Å². The highest BCUT2D eigenvalue weighted by atomic mass is 32.2. The first kappa shape index (κ1) is 18.3. The fourth-order valence-corrected chi connectivity index (χ4v) is 3.70. The maximum absolute atomic E-state index is 11.4. The zero-order valence-corrected chi connectivity index (χ0v) is 15.5. The van der Waals surface area contributed by atoms with Gasteiger partial charge in [0.05, 0.1) is 0 Å². The molecule has 0 radical (unpaired) electrons. The van der Waals surface area contributed by atoms with E-state index >= 15 is 0 Å². The zero-order chi connectivity index (χ0) is 18.7. The summed E-state index contributed by atoms with van der Waals surface area (Å²) < 4.78 is 12.1. The van der Waals surface area contributed by atoms with Crippen molar-refractivity contribution in [3.63, 3.8) is 0 Å². The van der Waals surface area contributed by atoms with Gasteiger partial charge in [-0.2, -0.15) is 0 Å². The molecule has 1 aromatic carbocycles. The molecule has 138 valence electrons. The highest BCUT2D eigenvalue weighted by Crippen LogP contribution is 2.37. The molecule has 1 aliphatic rings. The van der Waals surface area contributed by atoms with E-state index in [-0.39, 0.29) is 17.5 Å². The average Bonchev–Trinajstić information content (AvgIpc) is 2.97. The molecule has 2 aromatic rings. The van der Waals surface area contributed by atoms with Gasteiger partial charge in [0.1, 0.15) is 0 Å². The molecule has 0 amide bonds. The van der Waals surface area contributed by atoms with Crippen LogP contribution in [0.25, 0.3) is 0 Å². The van der Waals surface area contributed by atoms with Crippen molar-refractivity contribution in [3.8, 4) is 11.5 Å². The second kappa shape index (κ2) is 7.83. The van der Waals surface area contributed by atoms with Gasteiger partial charge in [0, 0.05) is 32.7 Å². The molecule has 0 aliphatic carbocycles. The molecule has 1 N–H and O–H groups in total. The monoisotopic (exact) mass is 377 g/mol. The van der Waals surface area contributed by atoms with Crippen molar-refractivity contribution < 1.29 is 19.1 Å². The lowest BCUT2D eigenvalue weighted by Crippen LogP contribution is -2.31. The lowest BCUT2D eigenvalue weighted by atomic mass is 9.94. The van der Waals surface area contributed by atoms with Crippen LogP contribution < -0.4 is 14.8 Å². The predicted octanol–water partition coefficient (Wildman–Crippen LogP) is 1.04. The number of fused-ring (bicyclic) bond motifs is 1. The fourth-order valence-electron chi connectivity index (χ4n) is 2.77. The first-order valence-corrected chi connectivity index (χ1v) is 9.04. The highest BCUT2D eigenvalue weighted by Gasteiger charge is 2.24. The van der Waals surface area contributed by atoms with Crippen LogP contribution in [0.4, 0.5) is 0 Å². The first-order valence-electron chi connectivity index (χ1n) is 8.06. The van der Waals surface area contributed by atoms with E-state index in [2.05, 4.69) is 20.8 Å². The number of carbonyl (C=O) groups excluding carboxylic acids is 2. The largest absolute Gasteiger partial charge is 0.423 e. The van der Waals surface area contributed by atoms with Gasteiger partial charge in [-0.05, 0) is 46.7 Å². The van der Waals surface area contributed by atoms with Gasteiger partial charge in [-0.1, -0.05) is 11.8 Å². The third-order valence-corrected chi connectivity index (χ3v) is 4.94. The number of nitrogens with zero attached hydrogens (tertiary/aromatic N) is 4. The molecule has 9 nitrogen and oxygen atoms in total. The van der Waals surface area contributed by atoms with Gasteiger partial charge in [-0.25, -0.2) is 4.68 Å². The van der Waals surface area contributed by atoms with E-state index in [9.17, 15) is 9.59 Å². The lowest BCUT2D eigenvalue weighted by molar-refractivity contribution is -0.134. The standard InChI is InChI=1S/C16H19N5O4S/c1-9(22)24-14-6-11-4-5-17-13(8-26-16-18-19-20-21(16)3)12(11)7-15(14)25-10(2)23/h6-7,13,17H,4-5,8H2,1-3H3. The average molecular weight is 377 g/mol. The summed E-state index contributed by atoms with van der Waals surface area (Å²) in [7, 11) is 1.79. The molecule has 0 fully saturated rings. The Kier molecular flexibility index (Phi) is 5.52. The summed E-state index contributed by atoms with van der Waals surface area (Å²) in [5, 5.41) is 15.6. The number of tetrazole rings is 1. The first-order chi connectivity index (χ1) is 12.4. The van der Waals surface area contributed by atoms with Crippen LogP contribution in [0.15, 0.2) is 17.3 Å². The fraction of sp³-hybridized carbons (Fsp3) is 0.438. The number of aryl methyl sites for hydroxylation is 1. The van der Waals surface area contributed by atoms with Gasteiger partial charge < -0.3 is 14.8 Å². The van der Waals surface area contributed by atoms with Crippen LogP contribution >= 0.6 is 11.8 Å². The van der Waals surface area contributed by atoms with Gasteiger partial charge in [-0.3, -0.25) is 9.59 Å². The molecule has 1 aromatic heterocycles. The minimum absolute atomic E-state index is 0.0288. The Morgan fingerprint density at radius 3 is 2.58 bits per heavy atom. The van der Waals surface area contributed by atoms with Crippen molar-refractivity contribution in [1.29, 1.82) is 0 Å². The van der Waals surface area contributed by atoms with E-state index in [0.29, 0.717) is 5.75 Å². The molecule has 0 saturated carbocycles. The van der Waals surface area contributed by atoms with Crippen molar-refractivity contribution >= 4 is 23.7 Å². The summed E-state index contributed by atoms with van der Waals surface area (Å²) in [5.74, 6) is 0.267. The molecule has 0 spiro atoms. The SMILES string of the molecule is CC(=O)Oc1cc2c(cc1OC(C)=O)C(CSc1nnnn1C)NCC2. The number of aromatic nitrogens is 4. The zero-order valence-electron chi connectivity index (χ0n) is 14.7. The van der Waals surface area contributed by atoms with E-state index in [1.54, 1.807) is 23.9 Å². The van der Waals surface area contributed by atoms with Crippen LogP contribution in [-0.4, -0.2) is 44.4 Å². The van der Waals surface area contributed by atoms with Gasteiger partial charge in [0.25, 0.3) is 0 Å². The third-order valence-electron chi connectivity index (χ3n) is 3.83. The normalized spacial score (nSPS) is 16.0. The molecule has 2 heterocycles. The van der Waals surface area contributed by atoms with Crippen molar-refractivity contribution in [1.82, 2.24) is 25.5 Å². The van der Waals surface area contributed by atoms with E-state index in [0.717, 1.165) is 29.2 Å². The van der Waals surface area contributed by atoms with E-state index in [4.69, 9.17) is 9.47 Å². The Bertz CT molecular complexity index is 838. The number of rotatable bonds is 5. The number of hydrogen-bond donors (Lipinski definition) is 1. The maximum atomic E-state index is 11.4. The minimum atomic E-state index is -0.474. The third kappa shape index (κ3) is 4.20. The molecule has 10 heteroatoms. The molecule has 1 unspecified atom stereocenters. The smallest absolute Gasteiger partial charge is 0.308 e. The number of hydrogen-bond acceptors (Lipinski definition) is 9. The Labute approximate surface area is 154 Å². The second-order valence-electron chi connectivity index (χ2n) is 5.84.